The van der Waals surface area contributed by atoms with E-state index >= 15 is 0 Å². The van der Waals surface area contributed by atoms with Crippen LogP contribution in [0.5, 0.6) is 0 Å². The van der Waals surface area contributed by atoms with Gasteiger partial charge in [0, 0.05) is 12.1 Å². The Bertz CT molecular complexity index is 170. The van der Waals surface area contributed by atoms with Crippen LogP contribution in [0.15, 0.2) is 0 Å². The summed E-state index contributed by atoms with van der Waals surface area (Å²) in [6.07, 6.45) is 5.32. The van der Waals surface area contributed by atoms with Crippen LogP contribution in [0.4, 0.5) is 0 Å². The molecule has 0 saturated carbocycles. The smallest absolute Gasteiger partial charge is 0.00940 e. The van der Waals surface area contributed by atoms with E-state index < -0.39 is 0 Å². The Labute approximate surface area is 93.6 Å². The maximum Gasteiger partial charge on any atom is 0.00940 e. The highest BCUT2D eigenvalue weighted by molar-refractivity contribution is 4.82. The summed E-state index contributed by atoms with van der Waals surface area (Å²) in [5.41, 5.74) is 0. The van der Waals surface area contributed by atoms with Gasteiger partial charge < -0.3 is 15.5 Å². The first-order chi connectivity index (χ1) is 7.38. The molecule has 3 heteroatoms. The number of likely N-dealkylation sites (tertiary alicyclic amines) is 1. The lowest BCUT2D eigenvalue weighted by Gasteiger charge is -2.35. The first-order valence-corrected chi connectivity index (χ1v) is 6.57. The average Bonchev–Trinajstić information content (AvgIpc) is 2.31. The van der Waals surface area contributed by atoms with Gasteiger partial charge in [-0.3, -0.25) is 0 Å². The van der Waals surface area contributed by atoms with Gasteiger partial charge >= 0.3 is 0 Å². The maximum absolute atomic E-state index is 3.84. The molecule has 15 heavy (non-hydrogen) atoms. The summed E-state index contributed by atoms with van der Waals surface area (Å²) >= 11 is 0. The molecule has 2 aliphatic rings. The highest BCUT2D eigenvalue weighted by Gasteiger charge is 2.21. The molecule has 2 N–H and O–H groups in total. The van der Waals surface area contributed by atoms with Crippen LogP contribution in [-0.2, 0) is 0 Å². The van der Waals surface area contributed by atoms with E-state index in [0.717, 1.165) is 12.1 Å². The molecule has 2 heterocycles. The van der Waals surface area contributed by atoms with E-state index in [-0.39, 0.29) is 0 Å². The van der Waals surface area contributed by atoms with Gasteiger partial charge in [0.15, 0.2) is 0 Å². The van der Waals surface area contributed by atoms with Crippen molar-refractivity contribution in [3.63, 3.8) is 0 Å². The molecule has 0 radical (unpaired) electrons. The fourth-order valence-electron chi connectivity index (χ4n) is 2.74. The minimum absolute atomic E-state index is 0.782. The molecule has 2 saturated heterocycles. The zero-order valence-corrected chi connectivity index (χ0v) is 9.97. The van der Waals surface area contributed by atoms with Crippen molar-refractivity contribution in [2.24, 2.45) is 0 Å². The Hall–Kier alpha value is -0.120. The molecule has 0 amide bonds. The Balaban J connectivity index is 1.67. The average molecular weight is 211 g/mol. The van der Waals surface area contributed by atoms with Gasteiger partial charge in [0.25, 0.3) is 0 Å². The molecule has 2 aliphatic heterocycles. The van der Waals surface area contributed by atoms with Crippen molar-refractivity contribution in [3.8, 4) is 0 Å². The fourth-order valence-corrected chi connectivity index (χ4v) is 2.74. The third-order valence-corrected chi connectivity index (χ3v) is 3.85. The van der Waals surface area contributed by atoms with Crippen molar-refractivity contribution in [1.82, 2.24) is 15.5 Å². The van der Waals surface area contributed by atoms with E-state index in [4.69, 9.17) is 0 Å². The van der Waals surface area contributed by atoms with Crippen LogP contribution in [0.25, 0.3) is 0 Å². The van der Waals surface area contributed by atoms with Crippen molar-refractivity contribution < 1.29 is 0 Å². The van der Waals surface area contributed by atoms with Gasteiger partial charge in [0.2, 0.25) is 0 Å². The summed E-state index contributed by atoms with van der Waals surface area (Å²) in [7, 11) is 0. The van der Waals surface area contributed by atoms with Gasteiger partial charge in [-0.05, 0) is 58.4 Å². The monoisotopic (exact) mass is 211 g/mol. The van der Waals surface area contributed by atoms with E-state index in [1.807, 2.05) is 0 Å². The molecule has 2 rings (SSSR count). The Morgan fingerprint density at radius 1 is 1.07 bits per heavy atom. The Morgan fingerprint density at radius 3 is 2.27 bits per heavy atom. The second-order valence-corrected chi connectivity index (χ2v) is 4.90. The molecule has 0 unspecified atom stereocenters. The quantitative estimate of drug-likeness (QED) is 0.723. The largest absolute Gasteiger partial charge is 0.317 e. The van der Waals surface area contributed by atoms with E-state index in [2.05, 4.69) is 22.5 Å². The summed E-state index contributed by atoms with van der Waals surface area (Å²) in [6.45, 7) is 8.47. The van der Waals surface area contributed by atoms with Crippen LogP contribution in [0, 0.1) is 0 Å². The molecular weight excluding hydrogens is 186 g/mol. The van der Waals surface area contributed by atoms with E-state index in [0.29, 0.717) is 0 Å². The molecule has 0 aromatic rings. The second kappa shape index (κ2) is 5.83. The standard InChI is InChI=1S/C12H25N3/c1-2-15-9-5-12(6-10-15)14-11-3-7-13-8-4-11/h11-14H,2-10H2,1H3. The molecule has 0 aromatic heterocycles. The lowest BCUT2D eigenvalue weighted by atomic mass is 10.0. The molecule has 88 valence electrons. The van der Waals surface area contributed by atoms with Crippen molar-refractivity contribution in [2.75, 3.05) is 32.7 Å². The molecule has 3 nitrogen and oxygen atoms in total. The highest BCUT2D eigenvalue weighted by Crippen LogP contribution is 2.12. The number of hydrogen-bond donors (Lipinski definition) is 2. The van der Waals surface area contributed by atoms with Gasteiger partial charge in [-0.15, -0.1) is 0 Å². The molecule has 0 atom stereocenters. The minimum atomic E-state index is 0.782. The van der Waals surface area contributed by atoms with Crippen LogP contribution in [0.1, 0.15) is 32.6 Å². The van der Waals surface area contributed by atoms with E-state index in [9.17, 15) is 0 Å². The normalized spacial score (nSPS) is 27.0. The first-order valence-electron chi connectivity index (χ1n) is 6.57. The second-order valence-electron chi connectivity index (χ2n) is 4.90. The number of nitrogens with one attached hydrogen (secondary N) is 2. The van der Waals surface area contributed by atoms with Crippen LogP contribution < -0.4 is 10.6 Å². The Morgan fingerprint density at radius 2 is 1.67 bits per heavy atom. The summed E-state index contributed by atoms with van der Waals surface area (Å²) in [6, 6.07) is 1.57. The fraction of sp³-hybridized carbons (Fsp3) is 1.00. The van der Waals surface area contributed by atoms with E-state index in [1.165, 1.54) is 58.4 Å². The van der Waals surface area contributed by atoms with Crippen molar-refractivity contribution >= 4 is 0 Å². The summed E-state index contributed by atoms with van der Waals surface area (Å²) in [4.78, 5) is 2.56. The molecule has 0 spiro atoms. The zero-order valence-electron chi connectivity index (χ0n) is 9.97. The third-order valence-electron chi connectivity index (χ3n) is 3.85. The van der Waals surface area contributed by atoms with Crippen LogP contribution >= 0.6 is 0 Å². The van der Waals surface area contributed by atoms with Gasteiger partial charge in [0.05, 0.1) is 0 Å². The van der Waals surface area contributed by atoms with Gasteiger partial charge in [0.1, 0.15) is 0 Å². The SMILES string of the molecule is CCN1CCC(NC2CCNCC2)CC1. The number of nitrogens with zero attached hydrogens (tertiary/aromatic N) is 1. The van der Waals surface area contributed by atoms with Gasteiger partial charge in [-0.1, -0.05) is 6.92 Å². The third kappa shape index (κ3) is 3.44. The predicted molar refractivity (Wildman–Crippen MR) is 64.2 cm³/mol. The summed E-state index contributed by atoms with van der Waals surface area (Å²) in [5, 5.41) is 7.26. The summed E-state index contributed by atoms with van der Waals surface area (Å²) < 4.78 is 0. The molecule has 0 bridgehead atoms. The van der Waals surface area contributed by atoms with Crippen molar-refractivity contribution in [3.05, 3.63) is 0 Å². The lowest BCUT2D eigenvalue weighted by molar-refractivity contribution is 0.192. The molecule has 2 fully saturated rings. The molecule has 0 aliphatic carbocycles. The first kappa shape index (κ1) is 11.4. The number of rotatable bonds is 3. The van der Waals surface area contributed by atoms with Gasteiger partial charge in [-0.2, -0.15) is 0 Å². The highest BCUT2D eigenvalue weighted by atomic mass is 15.1. The van der Waals surface area contributed by atoms with Crippen molar-refractivity contribution in [2.45, 2.75) is 44.7 Å². The van der Waals surface area contributed by atoms with Crippen LogP contribution in [0.3, 0.4) is 0 Å². The summed E-state index contributed by atoms with van der Waals surface area (Å²) in [5.74, 6) is 0. The number of piperidine rings is 2. The molecule has 0 aromatic carbocycles. The number of hydrogen-bond acceptors (Lipinski definition) is 3. The maximum atomic E-state index is 3.84. The van der Waals surface area contributed by atoms with E-state index in [1.54, 1.807) is 0 Å². The van der Waals surface area contributed by atoms with Gasteiger partial charge in [-0.25, -0.2) is 0 Å². The predicted octanol–water partition coefficient (Wildman–Crippen LogP) is 0.812. The molecular formula is C12H25N3. The minimum Gasteiger partial charge on any atom is -0.317 e. The Kier molecular flexibility index (Phi) is 4.42. The zero-order chi connectivity index (χ0) is 10.5. The lowest BCUT2D eigenvalue weighted by Crippen LogP contribution is -2.49. The van der Waals surface area contributed by atoms with Crippen LogP contribution in [-0.4, -0.2) is 49.7 Å². The topological polar surface area (TPSA) is 27.3 Å². The van der Waals surface area contributed by atoms with Crippen molar-refractivity contribution in [1.29, 1.82) is 0 Å². The van der Waals surface area contributed by atoms with Crippen LogP contribution in [0.2, 0.25) is 0 Å².